The molecule has 2 aromatic carbocycles. The van der Waals surface area contributed by atoms with Crippen LogP contribution in [-0.2, 0) is 22.7 Å². The Bertz CT molecular complexity index is 748. The Morgan fingerprint density at radius 2 is 1.44 bits per heavy atom. The van der Waals surface area contributed by atoms with Gasteiger partial charge in [-0.05, 0) is 17.2 Å². The smallest absolute Gasteiger partial charge is 0.119 e. The molecule has 4 rings (SSSR count). The van der Waals surface area contributed by atoms with E-state index >= 15 is 0 Å². The molecule has 0 bridgehead atoms. The Kier molecular flexibility index (Phi) is 5.12. The zero-order valence-corrected chi connectivity index (χ0v) is 15.0. The average molecular weight is 350 g/mol. The van der Waals surface area contributed by atoms with Gasteiger partial charge in [-0.2, -0.15) is 11.8 Å². The third-order valence-electron chi connectivity index (χ3n) is 4.47. The fourth-order valence-electron chi connectivity index (χ4n) is 2.99. The molecule has 0 spiro atoms. The fraction of sp³-hybridized carbons (Fsp3) is 0.273. The van der Waals surface area contributed by atoms with Crippen LogP contribution in [0, 0.1) is 5.92 Å². The van der Waals surface area contributed by atoms with Crippen LogP contribution in [-0.4, -0.2) is 11.0 Å². The summed E-state index contributed by atoms with van der Waals surface area (Å²) in [7, 11) is 0. The maximum Gasteiger partial charge on any atom is 0.119 e. The molecule has 0 saturated carbocycles. The highest BCUT2D eigenvalue weighted by Crippen LogP contribution is 2.42. The Balaban J connectivity index is 1.41. The molecule has 128 valence electrons. The summed E-state index contributed by atoms with van der Waals surface area (Å²) in [6.07, 6.45) is 5.32. The quantitative estimate of drug-likeness (QED) is 0.629. The van der Waals surface area contributed by atoms with Gasteiger partial charge in [-0.3, -0.25) is 0 Å². The summed E-state index contributed by atoms with van der Waals surface area (Å²) in [5.74, 6) is 3.74. The van der Waals surface area contributed by atoms with E-state index in [1.165, 1.54) is 16.9 Å². The minimum atomic E-state index is 0.520. The average Bonchev–Trinajstić information content (AvgIpc) is 3.52. The number of hydrogen-bond acceptors (Lipinski definition) is 3. The van der Waals surface area contributed by atoms with Crippen molar-refractivity contribution in [3.05, 3.63) is 95.5 Å². The molecular formula is C22H22O2S. The summed E-state index contributed by atoms with van der Waals surface area (Å²) in [5.41, 5.74) is 2.38. The van der Waals surface area contributed by atoms with Gasteiger partial charge >= 0.3 is 0 Å². The molecule has 1 heterocycles. The first-order valence-electron chi connectivity index (χ1n) is 8.74. The lowest BCUT2D eigenvalue weighted by Crippen LogP contribution is -2.13. The maximum atomic E-state index is 6.09. The van der Waals surface area contributed by atoms with E-state index in [9.17, 15) is 0 Å². The zero-order chi connectivity index (χ0) is 16.9. The molecule has 2 aromatic rings. The van der Waals surface area contributed by atoms with Gasteiger partial charge in [0.25, 0.3) is 0 Å². The lowest BCUT2D eigenvalue weighted by molar-refractivity contribution is 0.165. The molecule has 25 heavy (non-hydrogen) atoms. The molecule has 2 aliphatic rings. The second-order valence-electron chi connectivity index (χ2n) is 6.47. The molecule has 0 radical (unpaired) electrons. The zero-order valence-electron chi connectivity index (χ0n) is 14.1. The van der Waals surface area contributed by atoms with E-state index in [0.717, 1.165) is 23.2 Å². The van der Waals surface area contributed by atoms with Crippen molar-refractivity contribution in [1.29, 1.82) is 0 Å². The van der Waals surface area contributed by atoms with Crippen LogP contribution in [0.2, 0.25) is 0 Å². The normalized spacial score (nSPS) is 21.9. The summed E-state index contributed by atoms with van der Waals surface area (Å²) in [5, 5.41) is 0.722. The number of benzene rings is 2. The van der Waals surface area contributed by atoms with Crippen molar-refractivity contribution in [1.82, 2.24) is 0 Å². The predicted molar refractivity (Wildman–Crippen MR) is 103 cm³/mol. The van der Waals surface area contributed by atoms with Crippen LogP contribution in [0.15, 0.2) is 84.3 Å². The van der Waals surface area contributed by atoms with E-state index in [1.54, 1.807) is 0 Å². The standard InChI is InChI=1S/C22H22O2S/c1-3-7-17(8-4-1)14-23-20-11-19(22-16-25-22)12-21(13-20)24-15-18-9-5-2-6-10-18/h1-11,13,19,22H,12,14-16H2. The van der Waals surface area contributed by atoms with Gasteiger partial charge in [-0.1, -0.05) is 60.7 Å². The fourth-order valence-corrected chi connectivity index (χ4v) is 3.77. The Morgan fingerprint density at radius 1 is 0.840 bits per heavy atom. The number of thioether (sulfide) groups is 1. The lowest BCUT2D eigenvalue weighted by Gasteiger charge is -2.22. The topological polar surface area (TPSA) is 18.5 Å². The van der Waals surface area contributed by atoms with E-state index < -0.39 is 0 Å². The van der Waals surface area contributed by atoms with Crippen molar-refractivity contribution >= 4 is 11.8 Å². The predicted octanol–water partition coefficient (Wildman–Crippen LogP) is 5.32. The van der Waals surface area contributed by atoms with Gasteiger partial charge in [-0.15, -0.1) is 0 Å². The molecule has 1 aliphatic heterocycles. The van der Waals surface area contributed by atoms with E-state index in [0.29, 0.717) is 19.1 Å². The summed E-state index contributed by atoms with van der Waals surface area (Å²) in [6, 6.07) is 20.6. The third-order valence-corrected chi connectivity index (χ3v) is 5.54. The second kappa shape index (κ2) is 7.83. The molecule has 2 atom stereocenters. The summed E-state index contributed by atoms with van der Waals surface area (Å²) < 4.78 is 12.1. The van der Waals surface area contributed by atoms with Crippen LogP contribution >= 0.6 is 11.8 Å². The van der Waals surface area contributed by atoms with Gasteiger partial charge in [-0.25, -0.2) is 0 Å². The third kappa shape index (κ3) is 4.70. The first-order chi connectivity index (χ1) is 12.4. The Morgan fingerprint density at radius 3 is 2.04 bits per heavy atom. The Labute approximate surface area is 153 Å². The largest absolute Gasteiger partial charge is 0.493 e. The molecule has 0 amide bonds. The van der Waals surface area contributed by atoms with Crippen molar-refractivity contribution in [2.45, 2.75) is 24.9 Å². The molecule has 0 aromatic heterocycles. The first-order valence-corrected chi connectivity index (χ1v) is 9.79. The van der Waals surface area contributed by atoms with Gasteiger partial charge in [0.15, 0.2) is 0 Å². The van der Waals surface area contributed by atoms with Crippen molar-refractivity contribution in [3.8, 4) is 0 Å². The molecule has 2 nitrogen and oxygen atoms in total. The molecule has 1 saturated heterocycles. The highest BCUT2D eigenvalue weighted by molar-refractivity contribution is 8.06. The van der Waals surface area contributed by atoms with Crippen molar-refractivity contribution in [2.24, 2.45) is 5.92 Å². The Hall–Kier alpha value is -2.13. The number of hydrogen-bond donors (Lipinski definition) is 0. The summed E-state index contributed by atoms with van der Waals surface area (Å²) >= 11 is 2.02. The van der Waals surface area contributed by atoms with Crippen LogP contribution in [0.4, 0.5) is 0 Å². The molecule has 1 aliphatic carbocycles. The van der Waals surface area contributed by atoms with Gasteiger partial charge < -0.3 is 9.47 Å². The molecule has 2 unspecified atom stereocenters. The first kappa shape index (κ1) is 16.3. The number of ether oxygens (including phenoxy) is 2. The maximum absolute atomic E-state index is 6.09. The van der Waals surface area contributed by atoms with Gasteiger partial charge in [0.05, 0.1) is 0 Å². The van der Waals surface area contributed by atoms with Crippen LogP contribution in [0.25, 0.3) is 0 Å². The van der Waals surface area contributed by atoms with Crippen LogP contribution in [0.1, 0.15) is 17.5 Å². The van der Waals surface area contributed by atoms with Gasteiger partial charge in [0, 0.05) is 29.4 Å². The number of allylic oxidation sites excluding steroid dienone is 3. The van der Waals surface area contributed by atoms with Crippen molar-refractivity contribution in [3.63, 3.8) is 0 Å². The molecule has 3 heteroatoms. The van der Waals surface area contributed by atoms with Crippen LogP contribution < -0.4 is 0 Å². The van der Waals surface area contributed by atoms with Crippen molar-refractivity contribution < 1.29 is 9.47 Å². The minimum Gasteiger partial charge on any atom is -0.493 e. The van der Waals surface area contributed by atoms with Crippen molar-refractivity contribution in [2.75, 3.05) is 5.75 Å². The van der Waals surface area contributed by atoms with Crippen LogP contribution in [0.5, 0.6) is 0 Å². The highest BCUT2D eigenvalue weighted by atomic mass is 32.2. The monoisotopic (exact) mass is 350 g/mol. The van der Waals surface area contributed by atoms with E-state index in [2.05, 4.69) is 36.4 Å². The molecular weight excluding hydrogens is 328 g/mol. The SMILES string of the molecule is C1=C(OCc2ccccc2)C=C(OCc2ccccc2)CC1C1CS1. The minimum absolute atomic E-state index is 0.520. The lowest BCUT2D eigenvalue weighted by atomic mass is 9.96. The van der Waals surface area contributed by atoms with Gasteiger partial charge in [0.1, 0.15) is 24.7 Å². The number of rotatable bonds is 7. The van der Waals surface area contributed by atoms with Crippen LogP contribution in [0.3, 0.4) is 0 Å². The van der Waals surface area contributed by atoms with E-state index in [4.69, 9.17) is 9.47 Å². The van der Waals surface area contributed by atoms with E-state index in [-0.39, 0.29) is 0 Å². The molecule has 1 fully saturated rings. The molecule has 0 N–H and O–H groups in total. The second-order valence-corrected chi connectivity index (χ2v) is 7.74. The highest BCUT2D eigenvalue weighted by Gasteiger charge is 2.33. The summed E-state index contributed by atoms with van der Waals surface area (Å²) in [6.45, 7) is 1.21. The van der Waals surface area contributed by atoms with Gasteiger partial charge in [0.2, 0.25) is 0 Å². The van der Waals surface area contributed by atoms with E-state index in [1.807, 2.05) is 48.2 Å². The summed E-state index contributed by atoms with van der Waals surface area (Å²) in [4.78, 5) is 0.